The van der Waals surface area contributed by atoms with E-state index in [4.69, 9.17) is 0 Å². The van der Waals surface area contributed by atoms with Crippen molar-refractivity contribution >= 4 is 64.6 Å². The van der Waals surface area contributed by atoms with Crippen LogP contribution in [0.5, 0.6) is 0 Å². The highest BCUT2D eigenvalue weighted by atomic mass is 14.6. The van der Waals surface area contributed by atoms with Crippen molar-refractivity contribution in [1.29, 1.82) is 0 Å². The van der Waals surface area contributed by atoms with E-state index in [0.717, 1.165) is 5.56 Å². The van der Waals surface area contributed by atoms with E-state index in [2.05, 4.69) is 163 Å². The molecule has 0 aliphatic rings. The number of fused-ring (bicyclic) bond motifs is 10. The van der Waals surface area contributed by atoms with Crippen LogP contribution in [0.3, 0.4) is 0 Å². The van der Waals surface area contributed by atoms with Crippen molar-refractivity contribution in [1.82, 2.24) is 4.98 Å². The fourth-order valence-corrected chi connectivity index (χ4v) is 7.99. The lowest BCUT2D eigenvalue weighted by Crippen LogP contribution is -1.93. The molecule has 0 saturated carbocycles. The first kappa shape index (κ1) is 26.9. The maximum absolute atomic E-state index is 4.43. The number of nitrogens with zero attached hydrogens (tertiary/aromatic N) is 1. The lowest BCUT2D eigenvalue weighted by molar-refractivity contribution is 1.33. The first-order valence-electron chi connectivity index (χ1n) is 16.5. The Balaban J connectivity index is 1.47. The Kier molecular flexibility index (Phi) is 5.94. The SMILES string of the molecule is c1ccc(-c2c3ccccc3c(-c3ccccc3)c3cc4c(cc23)c2ccc(-c3cccnc3)cc2c2ccc3ccccc3c24)cc1. The summed E-state index contributed by atoms with van der Waals surface area (Å²) in [6.07, 6.45) is 3.79. The number of hydrogen-bond donors (Lipinski definition) is 0. The van der Waals surface area contributed by atoms with Crippen LogP contribution in [0.2, 0.25) is 0 Å². The van der Waals surface area contributed by atoms with Crippen LogP contribution >= 0.6 is 0 Å². The van der Waals surface area contributed by atoms with Crippen LogP contribution in [-0.4, -0.2) is 4.98 Å². The highest BCUT2D eigenvalue weighted by Crippen LogP contribution is 2.48. The summed E-state index contributed by atoms with van der Waals surface area (Å²) in [6, 6.07) is 60.2. The average Bonchev–Trinajstić information content (AvgIpc) is 3.17. The number of rotatable bonds is 3. The Morgan fingerprint density at radius 3 is 1.52 bits per heavy atom. The number of aromatic nitrogens is 1. The molecule has 0 aliphatic heterocycles. The first-order valence-corrected chi connectivity index (χ1v) is 16.5. The summed E-state index contributed by atoms with van der Waals surface area (Å²) in [6.45, 7) is 0. The van der Waals surface area contributed by atoms with E-state index in [9.17, 15) is 0 Å². The summed E-state index contributed by atoms with van der Waals surface area (Å²) in [4.78, 5) is 4.43. The van der Waals surface area contributed by atoms with Crippen molar-refractivity contribution in [2.75, 3.05) is 0 Å². The summed E-state index contributed by atoms with van der Waals surface area (Å²) in [7, 11) is 0. The molecule has 48 heavy (non-hydrogen) atoms. The molecular formula is C47H29N. The smallest absolute Gasteiger partial charge is 0.0346 e. The molecule has 1 heterocycles. The Morgan fingerprint density at radius 1 is 0.292 bits per heavy atom. The van der Waals surface area contributed by atoms with Gasteiger partial charge in [-0.15, -0.1) is 0 Å². The van der Waals surface area contributed by atoms with Gasteiger partial charge in [-0.2, -0.15) is 0 Å². The van der Waals surface area contributed by atoms with Crippen LogP contribution in [0, 0.1) is 0 Å². The van der Waals surface area contributed by atoms with Gasteiger partial charge in [0.25, 0.3) is 0 Å². The zero-order chi connectivity index (χ0) is 31.6. The molecule has 10 rings (SSSR count). The average molecular weight is 608 g/mol. The fraction of sp³-hybridized carbons (Fsp3) is 0. The van der Waals surface area contributed by atoms with Gasteiger partial charge >= 0.3 is 0 Å². The maximum atomic E-state index is 4.43. The maximum Gasteiger partial charge on any atom is 0.0346 e. The van der Waals surface area contributed by atoms with Gasteiger partial charge < -0.3 is 0 Å². The topological polar surface area (TPSA) is 12.9 Å². The van der Waals surface area contributed by atoms with E-state index >= 15 is 0 Å². The minimum absolute atomic E-state index is 1.12. The minimum atomic E-state index is 1.12. The van der Waals surface area contributed by atoms with E-state index < -0.39 is 0 Å². The van der Waals surface area contributed by atoms with Crippen LogP contribution in [0.15, 0.2) is 176 Å². The summed E-state index contributed by atoms with van der Waals surface area (Å²) < 4.78 is 0. The molecule has 0 N–H and O–H groups in total. The minimum Gasteiger partial charge on any atom is -0.264 e. The van der Waals surface area contributed by atoms with Crippen molar-refractivity contribution in [3.05, 3.63) is 176 Å². The third-order valence-corrected chi connectivity index (χ3v) is 10.1. The zero-order valence-electron chi connectivity index (χ0n) is 26.2. The molecule has 1 aromatic heterocycles. The second kappa shape index (κ2) is 10.6. The van der Waals surface area contributed by atoms with E-state index in [-0.39, 0.29) is 0 Å². The lowest BCUT2D eigenvalue weighted by atomic mass is 9.83. The Bertz CT molecular complexity index is 2850. The second-order valence-corrected chi connectivity index (χ2v) is 12.7. The normalized spacial score (nSPS) is 11.8. The van der Waals surface area contributed by atoms with E-state index in [1.807, 2.05) is 18.5 Å². The number of hydrogen-bond acceptors (Lipinski definition) is 1. The molecule has 222 valence electrons. The summed E-state index contributed by atoms with van der Waals surface area (Å²) in [5.41, 5.74) is 7.31. The Labute approximate surface area is 278 Å². The quantitative estimate of drug-likeness (QED) is 0.144. The molecule has 0 amide bonds. The number of benzene rings is 9. The fourth-order valence-electron chi connectivity index (χ4n) is 7.99. The van der Waals surface area contributed by atoms with Gasteiger partial charge in [0.1, 0.15) is 0 Å². The highest BCUT2D eigenvalue weighted by Gasteiger charge is 2.20. The second-order valence-electron chi connectivity index (χ2n) is 12.7. The van der Waals surface area contributed by atoms with Crippen molar-refractivity contribution in [2.45, 2.75) is 0 Å². The van der Waals surface area contributed by atoms with Gasteiger partial charge in [-0.3, -0.25) is 4.98 Å². The molecule has 0 saturated heterocycles. The summed E-state index contributed by atoms with van der Waals surface area (Å²) >= 11 is 0. The predicted octanol–water partition coefficient (Wildman–Crippen LogP) is 13.0. The molecule has 0 fully saturated rings. The molecule has 1 heteroatoms. The van der Waals surface area contributed by atoms with Gasteiger partial charge in [-0.05, 0) is 117 Å². The van der Waals surface area contributed by atoms with Crippen molar-refractivity contribution < 1.29 is 0 Å². The molecule has 0 spiro atoms. The van der Waals surface area contributed by atoms with Crippen LogP contribution in [0.25, 0.3) is 98.0 Å². The van der Waals surface area contributed by atoms with Crippen molar-refractivity contribution in [3.63, 3.8) is 0 Å². The van der Waals surface area contributed by atoms with Crippen LogP contribution in [0.1, 0.15) is 0 Å². The number of pyridine rings is 1. The third kappa shape index (κ3) is 4.01. The molecular weight excluding hydrogens is 579 g/mol. The predicted molar refractivity (Wildman–Crippen MR) is 206 cm³/mol. The van der Waals surface area contributed by atoms with Gasteiger partial charge in [0.05, 0.1) is 0 Å². The molecule has 0 radical (unpaired) electrons. The van der Waals surface area contributed by atoms with Gasteiger partial charge in [0.2, 0.25) is 0 Å². The molecule has 0 aliphatic carbocycles. The molecule has 0 atom stereocenters. The molecule has 0 bridgehead atoms. The van der Waals surface area contributed by atoms with E-state index in [1.165, 1.54) is 92.5 Å². The Hall–Kier alpha value is -6.31. The standard InChI is InChI=1S/C47H29N/c1-3-13-31(14-4-1)45-37-19-9-10-20-38(37)46(32-15-5-2-6-16-32)44-28-42-41(27-43(44)45)36-23-22-33(34-17-11-25-48-29-34)26-40(36)39-24-21-30-12-7-8-18-35(30)47(39)42/h1-29H. The largest absolute Gasteiger partial charge is 0.264 e. The van der Waals surface area contributed by atoms with E-state index in [1.54, 1.807) is 0 Å². The van der Waals surface area contributed by atoms with E-state index in [0.29, 0.717) is 0 Å². The lowest BCUT2D eigenvalue weighted by Gasteiger charge is -2.20. The monoisotopic (exact) mass is 607 g/mol. The molecule has 10 aromatic rings. The Morgan fingerprint density at radius 2 is 0.854 bits per heavy atom. The van der Waals surface area contributed by atoms with Crippen molar-refractivity contribution in [2.24, 2.45) is 0 Å². The first-order chi connectivity index (χ1) is 23.8. The van der Waals surface area contributed by atoms with Gasteiger partial charge in [0.15, 0.2) is 0 Å². The summed E-state index contributed by atoms with van der Waals surface area (Å²) in [5.74, 6) is 0. The van der Waals surface area contributed by atoms with Crippen LogP contribution in [-0.2, 0) is 0 Å². The molecule has 1 nitrogen and oxygen atoms in total. The zero-order valence-corrected chi connectivity index (χ0v) is 26.2. The summed E-state index contributed by atoms with van der Waals surface area (Å²) in [5, 5.41) is 15.2. The molecule has 0 unspecified atom stereocenters. The highest BCUT2D eigenvalue weighted by molar-refractivity contribution is 6.35. The van der Waals surface area contributed by atoms with Gasteiger partial charge in [-0.25, -0.2) is 0 Å². The van der Waals surface area contributed by atoms with Gasteiger partial charge in [0, 0.05) is 18.0 Å². The third-order valence-electron chi connectivity index (χ3n) is 10.1. The molecule has 9 aromatic carbocycles. The van der Waals surface area contributed by atoms with Crippen LogP contribution < -0.4 is 0 Å². The van der Waals surface area contributed by atoms with Crippen molar-refractivity contribution in [3.8, 4) is 33.4 Å². The van der Waals surface area contributed by atoms with Crippen LogP contribution in [0.4, 0.5) is 0 Å². The van der Waals surface area contributed by atoms with Gasteiger partial charge in [-0.1, -0.05) is 140 Å².